The number of nitrogens with zero attached hydrogens (tertiary/aromatic N) is 6. The lowest BCUT2D eigenvalue weighted by molar-refractivity contribution is -0.137. The summed E-state index contributed by atoms with van der Waals surface area (Å²) >= 11 is 6.56. The van der Waals surface area contributed by atoms with E-state index in [1.54, 1.807) is 58.9 Å². The molecule has 5 aliphatic rings. The normalized spacial score (nSPS) is 18.5. The summed E-state index contributed by atoms with van der Waals surface area (Å²) in [6.07, 6.45) is 5.70. The van der Waals surface area contributed by atoms with Crippen LogP contribution in [0.1, 0.15) is 125 Å². The molecule has 9 amide bonds. The molecule has 24 nitrogen and oxygen atoms in total. The van der Waals surface area contributed by atoms with Gasteiger partial charge in [-0.25, -0.2) is 14.5 Å². The summed E-state index contributed by atoms with van der Waals surface area (Å²) in [5, 5.41) is 22.1. The minimum Gasteiger partial charge on any atom is -0.493 e. The van der Waals surface area contributed by atoms with Crippen LogP contribution >= 0.6 is 11.6 Å². The average Bonchev–Trinajstić information content (AvgIpc) is 1.57. The number of benzene rings is 4. The largest absolute Gasteiger partial charge is 0.493 e. The van der Waals surface area contributed by atoms with Crippen molar-refractivity contribution in [2.24, 2.45) is 11.7 Å². The molecule has 92 heavy (non-hydrogen) atoms. The van der Waals surface area contributed by atoms with Gasteiger partial charge < -0.3 is 65.3 Å². The molecule has 0 aromatic heterocycles. The van der Waals surface area contributed by atoms with Crippen LogP contribution in [0.2, 0.25) is 0 Å². The summed E-state index contributed by atoms with van der Waals surface area (Å²) in [6.45, 7) is 7.49. The van der Waals surface area contributed by atoms with Gasteiger partial charge in [0.05, 0.1) is 36.7 Å². The lowest BCUT2D eigenvalue weighted by Gasteiger charge is -2.31. The molecule has 4 aromatic rings. The molecule has 25 heteroatoms. The molecule has 0 radical (unpaired) electrons. The van der Waals surface area contributed by atoms with Crippen molar-refractivity contribution in [3.8, 4) is 17.2 Å². The first-order chi connectivity index (χ1) is 44.4. The van der Waals surface area contributed by atoms with Gasteiger partial charge in [0.25, 0.3) is 17.7 Å². The first-order valence-corrected chi connectivity index (χ1v) is 32.5. The standard InChI is InChI=1S/C67H85ClN10O14/c1-42(2)61(72-56(79)20-7-5-13-29-76-58(81)26-27-59(76)82)63(84)71-49(18-11-12-28-69)62(83)70-45-24-22-43(23-25-45)41-91-67(88)78-51-37-55(54(89-4)36-48(51)64(85)75-30-15-19-50(75)65(78)86)90-35-14-6-8-21-57(80)77-40-44(39-68)60-47-17-10-9-16-46(47)53(38-52(60)77)92-66(87)74-33-31-73(3)32-34-74/h9-10,16-17,22-27,36-38,42,44,49-50,61,65,86H,5-8,11-15,18-21,28-35,39-41,69H2,1-4H3,(H,70,83)(H,71,84)(H,72,79)/t44-,49+,50+,61?,65?/m1/s1. The first kappa shape index (κ1) is 68.1. The number of nitrogens with one attached hydrogen (secondary N) is 3. The summed E-state index contributed by atoms with van der Waals surface area (Å²) < 4.78 is 23.9. The van der Waals surface area contributed by atoms with Gasteiger partial charge >= 0.3 is 12.2 Å². The number of fused-ring (bicyclic) bond motifs is 5. The lowest BCUT2D eigenvalue weighted by atomic mass is 9.95. The summed E-state index contributed by atoms with van der Waals surface area (Å²) in [5.41, 5.74) is 8.50. The van der Waals surface area contributed by atoms with Crippen molar-refractivity contribution in [1.82, 2.24) is 30.2 Å². The Morgan fingerprint density at radius 3 is 2.17 bits per heavy atom. The summed E-state index contributed by atoms with van der Waals surface area (Å²) in [4.78, 5) is 130. The van der Waals surface area contributed by atoms with Crippen molar-refractivity contribution in [3.63, 3.8) is 0 Å². The highest BCUT2D eigenvalue weighted by atomic mass is 35.5. The van der Waals surface area contributed by atoms with E-state index in [1.807, 2.05) is 31.3 Å². The van der Waals surface area contributed by atoms with Crippen LogP contribution in [0.4, 0.5) is 26.7 Å². The fourth-order valence-electron chi connectivity index (χ4n) is 12.4. The van der Waals surface area contributed by atoms with Crippen molar-refractivity contribution in [3.05, 3.63) is 95.6 Å². The number of unbranched alkanes of at least 4 members (excludes halogenated alkanes) is 5. The Labute approximate surface area is 540 Å². The zero-order valence-electron chi connectivity index (χ0n) is 52.8. The summed E-state index contributed by atoms with van der Waals surface area (Å²) in [5.74, 6) is -1.86. The molecule has 494 valence electrons. The molecule has 2 saturated heterocycles. The van der Waals surface area contributed by atoms with E-state index in [9.17, 15) is 48.3 Å². The number of alkyl halides is 1. The van der Waals surface area contributed by atoms with E-state index in [2.05, 4.69) is 20.9 Å². The van der Waals surface area contributed by atoms with Crippen LogP contribution in [-0.2, 0) is 40.1 Å². The monoisotopic (exact) mass is 1290 g/mol. The molecule has 6 N–H and O–H groups in total. The highest BCUT2D eigenvalue weighted by molar-refractivity contribution is 6.19. The number of likely N-dealkylation sites (N-methyl/N-ethyl adjacent to an activating group) is 1. The van der Waals surface area contributed by atoms with Crippen LogP contribution < -0.4 is 45.7 Å². The molecular formula is C67H85ClN10O14. The lowest BCUT2D eigenvalue weighted by Crippen LogP contribution is -2.54. The molecule has 2 unspecified atom stereocenters. The van der Waals surface area contributed by atoms with Crippen LogP contribution in [0.25, 0.3) is 10.8 Å². The van der Waals surface area contributed by atoms with Crippen LogP contribution in [-0.4, -0.2) is 182 Å². The topological polar surface area (TPSA) is 292 Å². The maximum absolute atomic E-state index is 14.3. The molecule has 0 spiro atoms. The Balaban J connectivity index is 0.791. The number of halogens is 1. The third-order valence-corrected chi connectivity index (χ3v) is 18.0. The predicted octanol–water partition coefficient (Wildman–Crippen LogP) is 7.16. The number of methoxy groups -OCH3 is 1. The van der Waals surface area contributed by atoms with E-state index < -0.39 is 54.3 Å². The number of rotatable bonds is 28. The zero-order chi connectivity index (χ0) is 65.6. The Morgan fingerprint density at radius 2 is 1.47 bits per heavy atom. The second kappa shape index (κ2) is 31.8. The number of amides is 9. The zero-order valence-corrected chi connectivity index (χ0v) is 53.6. The predicted molar refractivity (Wildman–Crippen MR) is 346 cm³/mol. The smallest absolute Gasteiger partial charge is 0.416 e. The highest BCUT2D eigenvalue weighted by Crippen LogP contribution is 2.47. The van der Waals surface area contributed by atoms with Gasteiger partial charge in [0.15, 0.2) is 17.7 Å². The molecule has 5 heterocycles. The van der Waals surface area contributed by atoms with Gasteiger partial charge in [-0.3, -0.25) is 38.5 Å². The van der Waals surface area contributed by atoms with Crippen molar-refractivity contribution in [2.75, 3.05) is 94.1 Å². The van der Waals surface area contributed by atoms with E-state index in [0.717, 1.165) is 39.2 Å². The third kappa shape index (κ3) is 16.3. The molecule has 5 atom stereocenters. The number of aliphatic hydroxyl groups excluding tert-OH is 1. The Bertz CT molecular complexity index is 3380. The summed E-state index contributed by atoms with van der Waals surface area (Å²) in [6, 6.07) is 16.4. The van der Waals surface area contributed by atoms with Crippen molar-refractivity contribution in [1.29, 1.82) is 0 Å². The van der Waals surface area contributed by atoms with Gasteiger partial charge in [0.2, 0.25) is 23.6 Å². The van der Waals surface area contributed by atoms with E-state index in [4.69, 9.17) is 36.3 Å². The van der Waals surface area contributed by atoms with Crippen LogP contribution in [0, 0.1) is 5.92 Å². The molecule has 0 bridgehead atoms. The molecular weight excluding hydrogens is 1200 g/mol. The van der Waals surface area contributed by atoms with Gasteiger partial charge in [-0.15, -0.1) is 11.6 Å². The third-order valence-electron chi connectivity index (χ3n) is 17.6. The number of nitrogens with two attached hydrogens (primary N) is 1. The molecule has 5 aliphatic heterocycles. The maximum atomic E-state index is 14.3. The van der Waals surface area contributed by atoms with Crippen LogP contribution in [0.3, 0.4) is 0 Å². The second-order valence-electron chi connectivity index (χ2n) is 24.4. The summed E-state index contributed by atoms with van der Waals surface area (Å²) in [7, 11) is 3.46. The molecule has 0 saturated carbocycles. The highest BCUT2D eigenvalue weighted by Gasteiger charge is 2.46. The van der Waals surface area contributed by atoms with Crippen LogP contribution in [0.15, 0.2) is 78.9 Å². The fourth-order valence-corrected chi connectivity index (χ4v) is 12.7. The van der Waals surface area contributed by atoms with Gasteiger partial charge in [-0.05, 0) is 118 Å². The number of imide groups is 1. The number of hydrogen-bond acceptors (Lipinski definition) is 16. The van der Waals surface area contributed by atoms with Crippen molar-refractivity contribution >= 4 is 93.0 Å². The molecule has 4 aromatic carbocycles. The number of aliphatic hydroxyl groups is 1. The Hall–Kier alpha value is -8.32. The molecule has 9 rings (SSSR count). The SMILES string of the molecule is COc1cc2c(cc1OCCCCCC(=O)N1C[C@@H](CCl)c3c1cc(OC(=O)N1CCN(C)CC1)c1ccccc31)N(C(=O)OCc1ccc(NC(=O)[C@H](CCCCN)NC(=O)C(NC(=O)CCCCCN3C(=O)C=CC3=O)C(C)C)cc1)C(O)[C@@H]1CCCN1C2=O. The van der Waals surface area contributed by atoms with Gasteiger partial charge in [0.1, 0.15) is 24.4 Å². The van der Waals surface area contributed by atoms with Crippen LogP contribution in [0.5, 0.6) is 17.2 Å². The number of carbonyl (C=O) groups is 9. The Morgan fingerprint density at radius 1 is 0.761 bits per heavy atom. The average molecular weight is 1290 g/mol. The number of piperazine rings is 1. The fraction of sp³-hybridized carbons (Fsp3) is 0.507. The number of anilines is 3. The van der Waals surface area contributed by atoms with E-state index in [0.29, 0.717) is 125 Å². The van der Waals surface area contributed by atoms with Crippen molar-refractivity contribution < 1.29 is 67.2 Å². The number of hydrogen-bond donors (Lipinski definition) is 5. The quantitative estimate of drug-likeness (QED) is 0.0214. The molecule has 0 aliphatic carbocycles. The maximum Gasteiger partial charge on any atom is 0.416 e. The van der Waals surface area contributed by atoms with E-state index in [1.165, 1.54) is 31.4 Å². The van der Waals surface area contributed by atoms with E-state index >= 15 is 0 Å². The number of carbonyl (C=O) groups excluding carboxylic acids is 9. The Kier molecular flexibility index (Phi) is 23.5. The molecule has 2 fully saturated rings. The minimum absolute atomic E-state index is 0.0700. The minimum atomic E-state index is -1.48. The van der Waals surface area contributed by atoms with Gasteiger partial charge in [0, 0.05) is 106 Å². The van der Waals surface area contributed by atoms with Gasteiger partial charge in [-0.1, -0.05) is 56.7 Å². The van der Waals surface area contributed by atoms with E-state index in [-0.39, 0.29) is 97.2 Å². The second-order valence-corrected chi connectivity index (χ2v) is 24.7. The van der Waals surface area contributed by atoms with Crippen molar-refractivity contribution in [2.45, 2.75) is 134 Å². The first-order valence-electron chi connectivity index (χ1n) is 32.0. The number of ether oxygens (including phenoxy) is 4. The van der Waals surface area contributed by atoms with Gasteiger partial charge in [-0.2, -0.15) is 0 Å².